The maximum atomic E-state index is 14.0. The van der Waals surface area contributed by atoms with Crippen molar-refractivity contribution in [1.29, 1.82) is 0 Å². The van der Waals surface area contributed by atoms with E-state index < -0.39 is 29.1 Å². The number of ketones is 1. The zero-order valence-corrected chi connectivity index (χ0v) is 23.7. The van der Waals surface area contributed by atoms with Crippen LogP contribution in [-0.2, 0) is 0 Å². The lowest BCUT2D eigenvalue weighted by atomic mass is 10.2. The Morgan fingerprint density at radius 2 is 0.929 bits per heavy atom. The Bertz CT molecular complexity index is 1900. The van der Waals surface area contributed by atoms with Crippen LogP contribution in [0.5, 0.6) is 0 Å². The van der Waals surface area contributed by atoms with E-state index in [1.807, 2.05) is 0 Å². The van der Waals surface area contributed by atoms with E-state index in [1.165, 1.54) is 36.4 Å². The lowest BCUT2D eigenvalue weighted by Crippen LogP contribution is -2.01. The molecule has 1 aliphatic carbocycles. The van der Waals surface area contributed by atoms with Gasteiger partial charge in [-0.2, -0.15) is 0 Å². The third kappa shape index (κ3) is 5.89. The van der Waals surface area contributed by atoms with E-state index >= 15 is 0 Å². The molecule has 4 aromatic rings. The molecule has 0 saturated heterocycles. The van der Waals surface area contributed by atoms with Crippen molar-refractivity contribution in [2.45, 2.75) is 19.6 Å². The van der Waals surface area contributed by atoms with E-state index in [1.54, 1.807) is 54.6 Å². The van der Waals surface area contributed by atoms with Gasteiger partial charge in [0.15, 0.2) is 5.43 Å². The third-order valence-electron chi connectivity index (χ3n) is 6.05. The van der Waals surface area contributed by atoms with Crippen molar-refractivity contribution in [2.24, 2.45) is 0 Å². The molecule has 0 saturated carbocycles. The number of carboxylic acid groups (broad SMARTS) is 3. The molecule has 0 unspecified atom stereocenters. The molecule has 42 heavy (non-hydrogen) atoms. The van der Waals surface area contributed by atoms with Crippen LogP contribution >= 0.6 is 35.3 Å². The summed E-state index contributed by atoms with van der Waals surface area (Å²) in [7, 11) is 0. The fraction of sp³-hybridized carbons (Fsp3) is 0. The molecule has 11 heteroatoms. The van der Waals surface area contributed by atoms with Crippen LogP contribution < -0.4 is 5.43 Å². The standard InChI is InChI=1S/C31H18O8S3/c32-16-13-17(40-23-10-4-1-7-18(23)29(34)35)15-21-22(14-16)27(41-24-11-5-2-8-19(24)30(36)37)28(26(21)33)42-25-12-6-3-9-20(25)31(38)39/h1-15H,(H,34,35)(H,36,37)(H,38,39). The molecule has 8 nitrogen and oxygen atoms in total. The van der Waals surface area contributed by atoms with Gasteiger partial charge in [0.25, 0.3) is 0 Å². The molecular weight excluding hydrogens is 597 g/mol. The van der Waals surface area contributed by atoms with Crippen LogP contribution in [0.15, 0.2) is 120 Å². The molecule has 4 aromatic carbocycles. The Morgan fingerprint density at radius 3 is 1.40 bits per heavy atom. The molecule has 0 fully saturated rings. The Hall–Kier alpha value is -4.58. The van der Waals surface area contributed by atoms with Crippen LogP contribution in [0.4, 0.5) is 0 Å². The Morgan fingerprint density at radius 1 is 0.500 bits per heavy atom. The lowest BCUT2D eigenvalue weighted by Gasteiger charge is -2.10. The van der Waals surface area contributed by atoms with Crippen LogP contribution in [-0.4, -0.2) is 39.0 Å². The maximum Gasteiger partial charge on any atom is 0.336 e. The molecule has 0 aromatic heterocycles. The molecule has 0 spiro atoms. The number of carbonyl (C=O) groups excluding carboxylic acids is 1. The first-order valence-corrected chi connectivity index (χ1v) is 14.6. The summed E-state index contributed by atoms with van der Waals surface area (Å²) < 4.78 is 0. The number of thioether (sulfide) groups is 2. The van der Waals surface area contributed by atoms with Crippen molar-refractivity contribution in [3.8, 4) is 0 Å². The molecule has 0 bridgehead atoms. The first-order chi connectivity index (χ1) is 20.1. The van der Waals surface area contributed by atoms with Crippen LogP contribution in [0.25, 0.3) is 4.91 Å². The van der Waals surface area contributed by atoms with Crippen molar-refractivity contribution in [1.82, 2.24) is 0 Å². The highest BCUT2D eigenvalue weighted by molar-refractivity contribution is 8.11. The molecule has 0 aliphatic heterocycles. The molecule has 0 radical (unpaired) electrons. The van der Waals surface area contributed by atoms with Gasteiger partial charge in [-0.1, -0.05) is 71.7 Å². The second kappa shape index (κ2) is 12.1. The Labute approximate surface area is 251 Å². The van der Waals surface area contributed by atoms with Gasteiger partial charge in [0.1, 0.15) is 0 Å². The average molecular weight is 615 g/mol. The van der Waals surface area contributed by atoms with E-state index in [-0.39, 0.29) is 32.7 Å². The van der Waals surface area contributed by atoms with Crippen molar-refractivity contribution < 1.29 is 34.5 Å². The fourth-order valence-electron chi connectivity index (χ4n) is 4.18. The Balaban J connectivity index is 1.68. The van der Waals surface area contributed by atoms with Crippen LogP contribution in [0, 0.1) is 0 Å². The second-order valence-corrected chi connectivity index (χ2v) is 12.0. The number of carbonyl (C=O) groups is 4. The van der Waals surface area contributed by atoms with Crippen molar-refractivity contribution in [2.75, 3.05) is 0 Å². The topological polar surface area (TPSA) is 146 Å². The molecule has 5 rings (SSSR count). The molecule has 0 atom stereocenters. The highest BCUT2D eigenvalue weighted by Crippen LogP contribution is 2.50. The van der Waals surface area contributed by atoms with Crippen LogP contribution in [0.1, 0.15) is 47.0 Å². The summed E-state index contributed by atoms with van der Waals surface area (Å²) in [6.45, 7) is 0. The first-order valence-electron chi connectivity index (χ1n) is 12.1. The predicted molar refractivity (Wildman–Crippen MR) is 160 cm³/mol. The Kier molecular flexibility index (Phi) is 8.34. The maximum absolute atomic E-state index is 14.0. The minimum atomic E-state index is -1.18. The number of rotatable bonds is 9. The van der Waals surface area contributed by atoms with Gasteiger partial charge in [-0.25, -0.2) is 14.4 Å². The molecule has 0 amide bonds. The van der Waals surface area contributed by atoms with Gasteiger partial charge < -0.3 is 15.3 Å². The van der Waals surface area contributed by atoms with Gasteiger partial charge in [-0.05, 0) is 54.6 Å². The summed E-state index contributed by atoms with van der Waals surface area (Å²) in [4.78, 5) is 64.4. The highest BCUT2D eigenvalue weighted by atomic mass is 32.2. The number of allylic oxidation sites excluding steroid dienone is 1. The predicted octanol–water partition coefficient (Wildman–Crippen LogP) is 6.74. The highest BCUT2D eigenvalue weighted by Gasteiger charge is 2.33. The number of carboxylic acids is 3. The van der Waals surface area contributed by atoms with E-state index in [9.17, 15) is 39.3 Å². The van der Waals surface area contributed by atoms with E-state index in [0.717, 1.165) is 35.3 Å². The largest absolute Gasteiger partial charge is 0.478 e. The first kappa shape index (κ1) is 28.9. The normalized spacial score (nSPS) is 12.2. The summed E-state index contributed by atoms with van der Waals surface area (Å²) in [5.74, 6) is -3.98. The summed E-state index contributed by atoms with van der Waals surface area (Å²) in [6.07, 6.45) is 0. The molecule has 3 N–H and O–H groups in total. The third-order valence-corrected chi connectivity index (χ3v) is 9.60. The van der Waals surface area contributed by atoms with Gasteiger partial charge in [0.05, 0.1) is 21.6 Å². The van der Waals surface area contributed by atoms with Gasteiger partial charge in [0, 0.05) is 35.6 Å². The number of hydrogen-bond acceptors (Lipinski definition) is 8. The minimum Gasteiger partial charge on any atom is -0.478 e. The number of hydrogen-bond donors (Lipinski definition) is 3. The van der Waals surface area contributed by atoms with Crippen molar-refractivity contribution in [3.63, 3.8) is 0 Å². The second-order valence-electron chi connectivity index (χ2n) is 8.76. The van der Waals surface area contributed by atoms with Gasteiger partial charge in [-0.15, -0.1) is 0 Å². The van der Waals surface area contributed by atoms with Crippen molar-refractivity contribution in [3.05, 3.63) is 134 Å². The smallest absolute Gasteiger partial charge is 0.336 e. The average Bonchev–Trinajstić information content (AvgIpc) is 3.07. The number of aromatic carboxylic acids is 3. The number of fused-ring (bicyclic) bond motifs is 1. The van der Waals surface area contributed by atoms with Gasteiger partial charge in [0.2, 0.25) is 5.78 Å². The van der Waals surface area contributed by atoms with Crippen molar-refractivity contribution >= 4 is 63.9 Å². The fourth-order valence-corrected chi connectivity index (χ4v) is 7.58. The molecule has 208 valence electrons. The summed E-state index contributed by atoms with van der Waals surface area (Å²) in [5, 5.41) is 29.1. The zero-order valence-electron chi connectivity index (χ0n) is 21.3. The molecule has 1 aliphatic rings. The SMILES string of the molecule is O=C(O)c1ccccc1SC1=C(Sc2ccccc2C(=O)O)c2cc(=O)cc(Sc3ccccc3C(=O)O)cc2C1=O. The van der Waals surface area contributed by atoms with Crippen LogP contribution in [0.2, 0.25) is 0 Å². The lowest BCUT2D eigenvalue weighted by molar-refractivity contribution is 0.0682. The van der Waals surface area contributed by atoms with Crippen LogP contribution in [0.3, 0.4) is 0 Å². The molecule has 0 heterocycles. The number of benzene rings is 3. The van der Waals surface area contributed by atoms with E-state index in [0.29, 0.717) is 24.5 Å². The quantitative estimate of drug-likeness (QED) is 0.184. The minimum absolute atomic E-state index is 0.00430. The zero-order chi connectivity index (χ0) is 30.0. The van der Waals surface area contributed by atoms with E-state index in [2.05, 4.69) is 0 Å². The molecular formula is C31H18O8S3. The van der Waals surface area contributed by atoms with Gasteiger partial charge in [-0.3, -0.25) is 9.59 Å². The monoisotopic (exact) mass is 614 g/mol. The number of Topliss-reactive ketones (excluding diaryl/α,β-unsaturated/α-hetero) is 1. The van der Waals surface area contributed by atoms with Gasteiger partial charge >= 0.3 is 17.9 Å². The van der Waals surface area contributed by atoms with E-state index in [4.69, 9.17) is 0 Å². The summed E-state index contributed by atoms with van der Waals surface area (Å²) in [6, 6.07) is 22.8. The summed E-state index contributed by atoms with van der Waals surface area (Å²) >= 11 is 2.95. The summed E-state index contributed by atoms with van der Waals surface area (Å²) in [5.41, 5.74) is -0.0327.